The van der Waals surface area contributed by atoms with Gasteiger partial charge < -0.3 is 9.64 Å². The van der Waals surface area contributed by atoms with Gasteiger partial charge >= 0.3 is 0 Å². The standard InChI is InChI=1S/C23H24ClN7O2/c1-13-7-16(24)10-25-21(13)22-20-17(27-14(2)30(4)23(20)32)8-19(28-22)31-5-6-33-18(12-31)15-9-26-29(3)11-15/h7-11,18H,5-6,12H2,1-4H3. The molecule has 0 bridgehead atoms. The summed E-state index contributed by atoms with van der Waals surface area (Å²) < 4.78 is 9.30. The second kappa shape index (κ2) is 8.24. The minimum atomic E-state index is -0.155. The van der Waals surface area contributed by atoms with E-state index in [0.29, 0.717) is 52.8 Å². The van der Waals surface area contributed by atoms with Crippen LogP contribution in [0.5, 0.6) is 0 Å². The molecule has 0 aliphatic carbocycles. The van der Waals surface area contributed by atoms with Crippen LogP contribution in [0.1, 0.15) is 23.1 Å². The summed E-state index contributed by atoms with van der Waals surface area (Å²) in [5.74, 6) is 1.36. The van der Waals surface area contributed by atoms with E-state index in [0.717, 1.165) is 16.9 Å². The lowest BCUT2D eigenvalue weighted by molar-refractivity contribution is 0.0395. The van der Waals surface area contributed by atoms with Crippen molar-refractivity contribution in [2.45, 2.75) is 20.0 Å². The predicted molar refractivity (Wildman–Crippen MR) is 127 cm³/mol. The fraction of sp³-hybridized carbons (Fsp3) is 0.348. The topological polar surface area (TPSA) is 91.0 Å². The van der Waals surface area contributed by atoms with E-state index < -0.39 is 0 Å². The van der Waals surface area contributed by atoms with Crippen molar-refractivity contribution in [2.75, 3.05) is 24.6 Å². The van der Waals surface area contributed by atoms with E-state index >= 15 is 0 Å². The third-order valence-electron chi connectivity index (χ3n) is 6.03. The van der Waals surface area contributed by atoms with Crippen LogP contribution >= 0.6 is 11.6 Å². The molecule has 33 heavy (non-hydrogen) atoms. The first-order valence-corrected chi connectivity index (χ1v) is 11.1. The van der Waals surface area contributed by atoms with E-state index in [1.54, 1.807) is 17.9 Å². The highest BCUT2D eigenvalue weighted by atomic mass is 35.5. The van der Waals surface area contributed by atoms with Gasteiger partial charge in [0, 0.05) is 51.2 Å². The summed E-state index contributed by atoms with van der Waals surface area (Å²) in [4.78, 5) is 29.6. The minimum absolute atomic E-state index is 0.123. The Balaban J connectivity index is 1.67. The zero-order valence-electron chi connectivity index (χ0n) is 18.9. The van der Waals surface area contributed by atoms with Gasteiger partial charge in [-0.1, -0.05) is 11.6 Å². The van der Waals surface area contributed by atoms with Crippen molar-refractivity contribution in [1.29, 1.82) is 0 Å². The summed E-state index contributed by atoms with van der Waals surface area (Å²) in [5, 5.41) is 5.24. The van der Waals surface area contributed by atoms with E-state index in [4.69, 9.17) is 26.3 Å². The van der Waals surface area contributed by atoms with E-state index in [1.807, 2.05) is 45.4 Å². The van der Waals surface area contributed by atoms with Crippen LogP contribution in [0, 0.1) is 13.8 Å². The smallest absolute Gasteiger partial charge is 0.263 e. The number of morpholine rings is 1. The third kappa shape index (κ3) is 3.87. The molecule has 1 unspecified atom stereocenters. The van der Waals surface area contributed by atoms with E-state index in [1.165, 1.54) is 4.57 Å². The van der Waals surface area contributed by atoms with Gasteiger partial charge in [0.25, 0.3) is 5.56 Å². The summed E-state index contributed by atoms with van der Waals surface area (Å²) in [6.07, 6.45) is 5.23. The molecule has 5 heterocycles. The number of halogens is 1. The molecule has 0 amide bonds. The summed E-state index contributed by atoms with van der Waals surface area (Å²) in [6, 6.07) is 3.70. The molecule has 1 aliphatic rings. The van der Waals surface area contributed by atoms with Gasteiger partial charge in [0.1, 0.15) is 23.4 Å². The third-order valence-corrected chi connectivity index (χ3v) is 6.23. The number of aromatic nitrogens is 6. The quantitative estimate of drug-likeness (QED) is 0.459. The van der Waals surface area contributed by atoms with Gasteiger partial charge in [-0.3, -0.25) is 19.0 Å². The molecule has 0 saturated carbocycles. The number of fused-ring (bicyclic) bond motifs is 1. The molecule has 1 saturated heterocycles. The number of ether oxygens (including phenoxy) is 1. The molecular formula is C23H24ClN7O2. The average Bonchev–Trinajstić information content (AvgIpc) is 3.23. The number of nitrogens with zero attached hydrogens (tertiary/aromatic N) is 7. The monoisotopic (exact) mass is 465 g/mol. The highest BCUT2D eigenvalue weighted by molar-refractivity contribution is 6.30. The molecule has 1 fully saturated rings. The predicted octanol–water partition coefficient (Wildman–Crippen LogP) is 2.97. The minimum Gasteiger partial charge on any atom is -0.370 e. The highest BCUT2D eigenvalue weighted by Crippen LogP contribution is 2.32. The fourth-order valence-corrected chi connectivity index (χ4v) is 4.38. The summed E-state index contributed by atoms with van der Waals surface area (Å²) in [5.41, 5.74) is 3.42. The molecule has 0 aromatic carbocycles. The maximum atomic E-state index is 13.2. The molecule has 0 radical (unpaired) electrons. The number of hydrogen-bond acceptors (Lipinski definition) is 7. The molecule has 0 N–H and O–H groups in total. The van der Waals surface area contributed by atoms with E-state index in [2.05, 4.69) is 15.0 Å². The van der Waals surface area contributed by atoms with Crippen LogP contribution in [0.2, 0.25) is 5.02 Å². The molecule has 170 valence electrons. The molecule has 5 rings (SSSR count). The van der Waals surface area contributed by atoms with E-state index in [9.17, 15) is 4.79 Å². The van der Waals surface area contributed by atoms with Crippen molar-refractivity contribution in [2.24, 2.45) is 14.1 Å². The van der Waals surface area contributed by atoms with Gasteiger partial charge in [0.2, 0.25) is 0 Å². The Bertz CT molecular complexity index is 1430. The van der Waals surface area contributed by atoms with Crippen LogP contribution < -0.4 is 10.5 Å². The Kier molecular flexibility index (Phi) is 5.38. The molecule has 4 aromatic rings. The van der Waals surface area contributed by atoms with Crippen molar-refractivity contribution < 1.29 is 4.74 Å². The fourth-order valence-electron chi connectivity index (χ4n) is 4.17. The number of pyridine rings is 2. The second-order valence-corrected chi connectivity index (χ2v) is 8.75. The molecular weight excluding hydrogens is 442 g/mol. The molecule has 1 aliphatic heterocycles. The highest BCUT2D eigenvalue weighted by Gasteiger charge is 2.26. The Morgan fingerprint density at radius 3 is 2.67 bits per heavy atom. The normalized spacial score (nSPS) is 16.5. The van der Waals surface area contributed by atoms with Crippen LogP contribution in [0.25, 0.3) is 22.3 Å². The van der Waals surface area contributed by atoms with Gasteiger partial charge in [0.15, 0.2) is 0 Å². The van der Waals surface area contributed by atoms with Crippen LogP contribution in [0.3, 0.4) is 0 Å². The zero-order valence-corrected chi connectivity index (χ0v) is 19.7. The van der Waals surface area contributed by atoms with Crippen LogP contribution in [0.4, 0.5) is 5.82 Å². The largest absolute Gasteiger partial charge is 0.370 e. The molecule has 10 heteroatoms. The Labute approximate surface area is 195 Å². The summed E-state index contributed by atoms with van der Waals surface area (Å²) in [6.45, 7) is 5.56. The van der Waals surface area contributed by atoms with Gasteiger partial charge in [-0.2, -0.15) is 5.10 Å². The average molecular weight is 466 g/mol. The maximum absolute atomic E-state index is 13.2. The molecule has 4 aromatic heterocycles. The molecule has 0 spiro atoms. The summed E-state index contributed by atoms with van der Waals surface area (Å²) in [7, 11) is 3.60. The second-order valence-electron chi connectivity index (χ2n) is 8.32. The number of hydrogen-bond donors (Lipinski definition) is 0. The van der Waals surface area contributed by atoms with Crippen LogP contribution in [-0.4, -0.2) is 49.0 Å². The Morgan fingerprint density at radius 2 is 1.94 bits per heavy atom. The van der Waals surface area contributed by atoms with E-state index in [-0.39, 0.29) is 11.7 Å². The first-order chi connectivity index (χ1) is 15.8. The lowest BCUT2D eigenvalue weighted by Gasteiger charge is -2.33. The number of anilines is 1. The number of rotatable bonds is 3. The summed E-state index contributed by atoms with van der Waals surface area (Å²) >= 11 is 6.14. The SMILES string of the molecule is Cc1cc(Cl)cnc1-c1nc(N2CCOC(c3cnn(C)c3)C2)cc2nc(C)n(C)c(=O)c12. The zero-order chi connectivity index (χ0) is 23.3. The van der Waals surface area contributed by atoms with Crippen molar-refractivity contribution in [3.05, 3.63) is 63.1 Å². The first-order valence-electron chi connectivity index (χ1n) is 10.7. The van der Waals surface area contributed by atoms with Crippen LogP contribution in [0.15, 0.2) is 35.5 Å². The van der Waals surface area contributed by atoms with Gasteiger partial charge in [-0.15, -0.1) is 0 Å². The maximum Gasteiger partial charge on any atom is 0.263 e. The molecule has 9 nitrogen and oxygen atoms in total. The Morgan fingerprint density at radius 1 is 1.12 bits per heavy atom. The molecule has 1 atom stereocenters. The van der Waals surface area contributed by atoms with Crippen molar-refractivity contribution >= 4 is 28.3 Å². The van der Waals surface area contributed by atoms with Gasteiger partial charge in [-0.05, 0) is 25.5 Å². The van der Waals surface area contributed by atoms with Crippen molar-refractivity contribution in [3.63, 3.8) is 0 Å². The number of aryl methyl sites for hydroxylation is 3. The Hall–Kier alpha value is -3.30. The van der Waals surface area contributed by atoms with Crippen molar-refractivity contribution in [3.8, 4) is 11.4 Å². The van der Waals surface area contributed by atoms with Gasteiger partial charge in [0.05, 0.1) is 34.4 Å². The van der Waals surface area contributed by atoms with Crippen LogP contribution in [-0.2, 0) is 18.8 Å². The lowest BCUT2D eigenvalue weighted by atomic mass is 10.1. The first kappa shape index (κ1) is 21.5. The lowest BCUT2D eigenvalue weighted by Crippen LogP contribution is -2.39. The van der Waals surface area contributed by atoms with Crippen molar-refractivity contribution in [1.82, 2.24) is 29.3 Å². The van der Waals surface area contributed by atoms with Gasteiger partial charge in [-0.25, -0.2) is 9.97 Å².